The van der Waals surface area contributed by atoms with Gasteiger partial charge in [0, 0.05) is 6.42 Å². The van der Waals surface area contributed by atoms with Crippen LogP contribution in [0.4, 0.5) is 0 Å². The van der Waals surface area contributed by atoms with E-state index in [-0.39, 0.29) is 10.9 Å². The van der Waals surface area contributed by atoms with Gasteiger partial charge in [-0.25, -0.2) is 0 Å². The molecule has 1 aliphatic carbocycles. The number of ketones is 1. The second kappa shape index (κ2) is 8.31. The highest BCUT2D eigenvalue weighted by Gasteiger charge is 2.61. The predicted molar refractivity (Wildman–Crippen MR) is 126 cm³/mol. The zero-order valence-electron chi connectivity index (χ0n) is 16.7. The molecule has 4 rings (SSSR count). The van der Waals surface area contributed by atoms with Gasteiger partial charge < -0.3 is 0 Å². The Morgan fingerprint density at radius 3 is 1.55 bits per heavy atom. The maximum absolute atomic E-state index is 12.6. The lowest BCUT2D eigenvalue weighted by atomic mass is 9.94. The van der Waals surface area contributed by atoms with Crippen LogP contribution in [0.25, 0.3) is 0 Å². The van der Waals surface area contributed by atoms with Crippen molar-refractivity contribution < 1.29 is 4.79 Å². The number of allylic oxidation sites excluding steroid dienone is 4. The van der Waals surface area contributed by atoms with E-state index >= 15 is 0 Å². The van der Waals surface area contributed by atoms with E-state index in [1.54, 1.807) is 6.92 Å². The van der Waals surface area contributed by atoms with Crippen molar-refractivity contribution >= 4 is 29.0 Å². The molecule has 3 aromatic rings. The van der Waals surface area contributed by atoms with Crippen molar-refractivity contribution in [2.75, 3.05) is 0 Å². The fraction of sp³-hybridized carbons (Fsp3) is 0.148. The first-order chi connectivity index (χ1) is 14.2. The first-order valence-corrected chi connectivity index (χ1v) is 11.9. The highest BCUT2D eigenvalue weighted by molar-refractivity contribution is 7.97. The molecule has 3 aromatic carbocycles. The number of carbonyl (C=O) groups excluding carboxylic acids is 1. The Hall–Kier alpha value is -2.76. The van der Waals surface area contributed by atoms with Crippen molar-refractivity contribution in [1.29, 1.82) is 0 Å². The van der Waals surface area contributed by atoms with Gasteiger partial charge >= 0.3 is 0 Å². The van der Waals surface area contributed by atoms with Crippen LogP contribution < -0.4 is 15.9 Å². The maximum atomic E-state index is 12.6. The van der Waals surface area contributed by atoms with Gasteiger partial charge in [-0.1, -0.05) is 72.8 Å². The third-order valence-corrected chi connectivity index (χ3v) is 10.8. The topological polar surface area (TPSA) is 17.1 Å². The minimum atomic E-state index is -2.17. The molecule has 0 amide bonds. The molecular weight excluding hydrogens is 371 g/mol. The van der Waals surface area contributed by atoms with Gasteiger partial charge in [0.25, 0.3) is 0 Å². The quantitative estimate of drug-likeness (QED) is 0.522. The standard InChI is InChI=1S/C27H26OP/c1-23(28)22-27(20-12-5-13-21-27)29(24-14-6-2-7-15-24,25-16-8-3-9-17-25)26-18-10-4-11-19-26/h2-20H,21-22H2,1H3/q+1. The molecule has 0 heterocycles. The largest absolute Gasteiger partial charge is 0.300 e. The number of rotatable bonds is 6. The molecule has 144 valence electrons. The van der Waals surface area contributed by atoms with Crippen LogP contribution in [0, 0.1) is 0 Å². The molecular formula is C27H26OP+. The molecule has 1 aliphatic rings. The van der Waals surface area contributed by atoms with Gasteiger partial charge in [0.1, 0.15) is 34.1 Å². The Balaban J connectivity index is 2.14. The minimum Gasteiger partial charge on any atom is -0.300 e. The van der Waals surface area contributed by atoms with Crippen molar-refractivity contribution in [1.82, 2.24) is 0 Å². The molecule has 0 radical (unpaired) electrons. The number of hydrogen-bond donors (Lipinski definition) is 0. The Bertz CT molecular complexity index is 925. The average Bonchev–Trinajstić information content (AvgIpc) is 2.77. The highest BCUT2D eigenvalue weighted by Crippen LogP contribution is 2.69. The number of Topliss-reactive ketones (excluding diaryl/α,β-unsaturated/α-hetero) is 1. The molecule has 0 spiro atoms. The second-order valence-electron chi connectivity index (χ2n) is 7.65. The van der Waals surface area contributed by atoms with Gasteiger partial charge in [0.05, 0.1) is 6.42 Å². The van der Waals surface area contributed by atoms with E-state index in [1.165, 1.54) is 15.9 Å². The van der Waals surface area contributed by atoms with E-state index in [4.69, 9.17) is 0 Å². The molecule has 0 N–H and O–H groups in total. The van der Waals surface area contributed by atoms with Crippen LogP contribution in [0.3, 0.4) is 0 Å². The zero-order valence-corrected chi connectivity index (χ0v) is 17.6. The van der Waals surface area contributed by atoms with Crippen molar-refractivity contribution in [2.24, 2.45) is 0 Å². The van der Waals surface area contributed by atoms with Crippen LogP contribution >= 0.6 is 7.26 Å². The molecule has 0 saturated carbocycles. The third-order valence-electron chi connectivity index (χ3n) is 5.78. The molecule has 1 atom stereocenters. The SMILES string of the molecule is CC(=O)CC1([P+](c2ccccc2)(c2ccccc2)c2ccccc2)C=CC=CC1. The van der Waals surface area contributed by atoms with E-state index in [2.05, 4.69) is 115 Å². The monoisotopic (exact) mass is 397 g/mol. The molecule has 0 saturated heterocycles. The first-order valence-electron chi connectivity index (χ1n) is 10.1. The van der Waals surface area contributed by atoms with Gasteiger partial charge in [-0.3, -0.25) is 4.79 Å². The predicted octanol–water partition coefficient (Wildman–Crippen LogP) is 5.21. The molecule has 2 heteroatoms. The van der Waals surface area contributed by atoms with E-state index in [0.717, 1.165) is 6.42 Å². The van der Waals surface area contributed by atoms with E-state index in [1.807, 2.05) is 0 Å². The molecule has 1 nitrogen and oxygen atoms in total. The molecule has 29 heavy (non-hydrogen) atoms. The molecule has 1 unspecified atom stereocenters. The molecule has 0 bridgehead atoms. The van der Waals surface area contributed by atoms with Gasteiger partial charge in [-0.15, -0.1) is 0 Å². The molecule has 0 fully saturated rings. The lowest BCUT2D eigenvalue weighted by Gasteiger charge is -2.43. The lowest BCUT2D eigenvalue weighted by molar-refractivity contribution is -0.117. The van der Waals surface area contributed by atoms with Crippen LogP contribution in [0.5, 0.6) is 0 Å². The summed E-state index contributed by atoms with van der Waals surface area (Å²) in [6.07, 6.45) is 10.2. The average molecular weight is 397 g/mol. The van der Waals surface area contributed by atoms with Crippen LogP contribution in [0.2, 0.25) is 0 Å². The van der Waals surface area contributed by atoms with E-state index < -0.39 is 7.26 Å². The Labute approximate surface area is 174 Å². The third kappa shape index (κ3) is 3.41. The summed E-state index contributed by atoms with van der Waals surface area (Å²) in [5.74, 6) is 0.233. The van der Waals surface area contributed by atoms with Crippen LogP contribution in [-0.4, -0.2) is 10.9 Å². The first kappa shape index (κ1) is 19.6. The van der Waals surface area contributed by atoms with E-state index in [9.17, 15) is 4.79 Å². The van der Waals surface area contributed by atoms with Crippen molar-refractivity contribution in [2.45, 2.75) is 24.9 Å². The summed E-state index contributed by atoms with van der Waals surface area (Å²) in [6, 6.07) is 32.5. The Kier molecular flexibility index (Phi) is 5.60. The van der Waals surface area contributed by atoms with Crippen molar-refractivity contribution in [3.63, 3.8) is 0 Å². The number of carbonyl (C=O) groups is 1. The van der Waals surface area contributed by atoms with Gasteiger partial charge in [-0.05, 0) is 49.4 Å². The molecule has 0 aromatic heterocycles. The summed E-state index contributed by atoms with van der Waals surface area (Å²) in [5, 5.41) is 3.67. The number of hydrogen-bond acceptors (Lipinski definition) is 1. The van der Waals surface area contributed by atoms with E-state index in [0.29, 0.717) is 6.42 Å². The van der Waals surface area contributed by atoms with Crippen LogP contribution in [-0.2, 0) is 4.79 Å². The summed E-state index contributed by atoms with van der Waals surface area (Å²) in [6.45, 7) is 1.73. The number of benzene rings is 3. The van der Waals surface area contributed by atoms with Crippen LogP contribution in [0.15, 0.2) is 115 Å². The summed E-state index contributed by atoms with van der Waals surface area (Å²) >= 11 is 0. The summed E-state index contributed by atoms with van der Waals surface area (Å²) in [5.41, 5.74) is 0. The normalized spacial score (nSPS) is 18.5. The maximum Gasteiger partial charge on any atom is 0.134 e. The highest BCUT2D eigenvalue weighted by atomic mass is 31.2. The minimum absolute atomic E-state index is 0.233. The summed E-state index contributed by atoms with van der Waals surface area (Å²) in [4.78, 5) is 12.6. The zero-order chi connectivity index (χ0) is 20.2. The smallest absolute Gasteiger partial charge is 0.134 e. The van der Waals surface area contributed by atoms with Crippen LogP contribution in [0.1, 0.15) is 19.8 Å². The van der Waals surface area contributed by atoms with Gasteiger partial charge in [0.2, 0.25) is 0 Å². The summed E-state index contributed by atoms with van der Waals surface area (Å²) < 4.78 is 0. The summed E-state index contributed by atoms with van der Waals surface area (Å²) in [7, 11) is -2.17. The van der Waals surface area contributed by atoms with Crippen molar-refractivity contribution in [3.8, 4) is 0 Å². The fourth-order valence-corrected chi connectivity index (χ4v) is 10.2. The van der Waals surface area contributed by atoms with Crippen molar-refractivity contribution in [3.05, 3.63) is 115 Å². The Morgan fingerprint density at radius 2 is 1.21 bits per heavy atom. The fourth-order valence-electron chi connectivity index (χ4n) is 4.76. The molecule has 0 aliphatic heterocycles. The van der Waals surface area contributed by atoms with Gasteiger partial charge in [0.15, 0.2) is 0 Å². The second-order valence-corrected chi connectivity index (χ2v) is 11.4. The lowest BCUT2D eigenvalue weighted by Crippen LogP contribution is -2.47. The van der Waals surface area contributed by atoms with Gasteiger partial charge in [-0.2, -0.15) is 0 Å². The Morgan fingerprint density at radius 1 is 0.759 bits per heavy atom.